The van der Waals surface area contributed by atoms with E-state index in [1.807, 2.05) is 18.4 Å². The summed E-state index contributed by atoms with van der Waals surface area (Å²) in [5.74, 6) is -0.0308. The SMILES string of the molecule is Cc1nc(-c2ccc(NC(=O)[C@@H](C)n3cnc4c3C(=O)N(C)C(O)N4C)nc2)cs1. The number of aryl methyl sites for hydroxylation is 1. The fourth-order valence-electron chi connectivity index (χ4n) is 3.22. The third kappa shape index (κ3) is 3.31. The van der Waals surface area contributed by atoms with Gasteiger partial charge in [-0.2, -0.15) is 0 Å². The van der Waals surface area contributed by atoms with Crippen LogP contribution in [0, 0.1) is 6.92 Å². The molecule has 0 aliphatic carbocycles. The van der Waals surface area contributed by atoms with E-state index in [1.54, 1.807) is 37.6 Å². The first-order valence-corrected chi connectivity index (χ1v) is 10.1. The number of aliphatic hydroxyl groups is 1. The molecule has 0 radical (unpaired) electrons. The van der Waals surface area contributed by atoms with Crippen LogP contribution in [0.5, 0.6) is 0 Å². The van der Waals surface area contributed by atoms with E-state index in [2.05, 4.69) is 20.3 Å². The molecule has 0 saturated carbocycles. The summed E-state index contributed by atoms with van der Waals surface area (Å²) in [5, 5.41) is 15.8. The number of hydrogen-bond acceptors (Lipinski definition) is 8. The van der Waals surface area contributed by atoms with Crippen molar-refractivity contribution in [3.8, 4) is 11.3 Å². The van der Waals surface area contributed by atoms with Crippen LogP contribution in [-0.4, -0.2) is 61.8 Å². The molecule has 0 bridgehead atoms. The van der Waals surface area contributed by atoms with Crippen LogP contribution in [0.2, 0.25) is 0 Å². The second kappa shape index (κ2) is 7.50. The second-order valence-electron chi connectivity index (χ2n) is 7.05. The molecule has 2 amide bonds. The predicted molar refractivity (Wildman–Crippen MR) is 112 cm³/mol. The highest BCUT2D eigenvalue weighted by atomic mass is 32.1. The number of carbonyl (C=O) groups is 2. The molecular weight excluding hydrogens is 406 g/mol. The number of amides is 2. The van der Waals surface area contributed by atoms with Crippen molar-refractivity contribution >= 4 is 34.8 Å². The highest BCUT2D eigenvalue weighted by Crippen LogP contribution is 2.29. The minimum absolute atomic E-state index is 0.246. The second-order valence-corrected chi connectivity index (χ2v) is 8.11. The zero-order valence-corrected chi connectivity index (χ0v) is 17.7. The zero-order valence-electron chi connectivity index (χ0n) is 16.9. The molecule has 2 N–H and O–H groups in total. The summed E-state index contributed by atoms with van der Waals surface area (Å²) >= 11 is 1.56. The molecule has 3 aromatic heterocycles. The smallest absolute Gasteiger partial charge is 0.277 e. The van der Waals surface area contributed by atoms with Crippen LogP contribution in [0.4, 0.5) is 11.6 Å². The minimum Gasteiger partial charge on any atom is -0.356 e. The number of nitrogens with one attached hydrogen (secondary N) is 1. The van der Waals surface area contributed by atoms with E-state index in [-0.39, 0.29) is 11.6 Å². The van der Waals surface area contributed by atoms with Gasteiger partial charge >= 0.3 is 0 Å². The lowest BCUT2D eigenvalue weighted by atomic mass is 10.2. The van der Waals surface area contributed by atoms with Crippen molar-refractivity contribution in [3.63, 3.8) is 0 Å². The Kier molecular flexibility index (Phi) is 5.00. The Labute approximate surface area is 176 Å². The average Bonchev–Trinajstić information content (AvgIpc) is 3.37. The number of rotatable bonds is 4. The fraction of sp³-hybridized carbons (Fsp3) is 0.316. The molecule has 2 atom stereocenters. The van der Waals surface area contributed by atoms with Crippen molar-refractivity contribution in [2.45, 2.75) is 26.2 Å². The zero-order chi connectivity index (χ0) is 21.6. The van der Waals surface area contributed by atoms with Gasteiger partial charge in [0.2, 0.25) is 12.3 Å². The van der Waals surface area contributed by atoms with Crippen LogP contribution < -0.4 is 10.2 Å². The first-order valence-electron chi connectivity index (χ1n) is 9.22. The van der Waals surface area contributed by atoms with Crippen LogP contribution >= 0.6 is 11.3 Å². The number of aliphatic hydroxyl groups excluding tert-OH is 1. The Morgan fingerprint density at radius 3 is 2.67 bits per heavy atom. The molecule has 0 spiro atoms. The monoisotopic (exact) mass is 427 g/mol. The third-order valence-corrected chi connectivity index (χ3v) is 5.82. The number of anilines is 2. The van der Waals surface area contributed by atoms with E-state index in [0.717, 1.165) is 16.3 Å². The Balaban J connectivity index is 1.53. The highest BCUT2D eigenvalue weighted by Gasteiger charge is 2.37. The lowest BCUT2D eigenvalue weighted by molar-refractivity contribution is -0.118. The molecule has 156 valence electrons. The van der Waals surface area contributed by atoms with Gasteiger partial charge < -0.3 is 19.9 Å². The first-order chi connectivity index (χ1) is 14.3. The van der Waals surface area contributed by atoms with Crippen molar-refractivity contribution in [2.24, 2.45) is 0 Å². The van der Waals surface area contributed by atoms with E-state index in [0.29, 0.717) is 11.6 Å². The Bertz CT molecular complexity index is 1110. The van der Waals surface area contributed by atoms with Crippen LogP contribution in [0.25, 0.3) is 11.3 Å². The van der Waals surface area contributed by atoms with E-state index in [9.17, 15) is 14.7 Å². The molecule has 0 aromatic carbocycles. The minimum atomic E-state index is -1.11. The maximum atomic E-state index is 12.8. The fourth-order valence-corrected chi connectivity index (χ4v) is 3.84. The number of hydrogen-bond donors (Lipinski definition) is 2. The summed E-state index contributed by atoms with van der Waals surface area (Å²) in [5.41, 5.74) is 1.95. The summed E-state index contributed by atoms with van der Waals surface area (Å²) in [6, 6.07) is 2.83. The molecule has 3 aromatic rings. The molecule has 0 fully saturated rings. The lowest BCUT2D eigenvalue weighted by Gasteiger charge is -2.36. The van der Waals surface area contributed by atoms with Gasteiger partial charge in [0.25, 0.3) is 5.91 Å². The molecule has 0 saturated heterocycles. The molecular formula is C19H21N7O3S. The van der Waals surface area contributed by atoms with Crippen molar-refractivity contribution in [1.82, 2.24) is 24.4 Å². The maximum Gasteiger partial charge on any atom is 0.277 e. The lowest BCUT2D eigenvalue weighted by Crippen LogP contribution is -2.52. The number of carbonyl (C=O) groups excluding carboxylic acids is 2. The van der Waals surface area contributed by atoms with Crippen molar-refractivity contribution in [3.05, 3.63) is 40.7 Å². The summed E-state index contributed by atoms with van der Waals surface area (Å²) in [7, 11) is 3.12. The van der Waals surface area contributed by atoms with Gasteiger partial charge in [0.15, 0.2) is 11.5 Å². The summed E-state index contributed by atoms with van der Waals surface area (Å²) in [6.07, 6.45) is 1.97. The van der Waals surface area contributed by atoms with Gasteiger partial charge in [-0.25, -0.2) is 15.0 Å². The molecule has 1 aliphatic heterocycles. The van der Waals surface area contributed by atoms with Crippen molar-refractivity contribution in [2.75, 3.05) is 24.3 Å². The Morgan fingerprint density at radius 1 is 1.27 bits per heavy atom. The summed E-state index contributed by atoms with van der Waals surface area (Å²) in [4.78, 5) is 41.0. The van der Waals surface area contributed by atoms with Gasteiger partial charge in [-0.1, -0.05) is 0 Å². The standard InChI is InChI=1S/C19H21N7O3S/c1-10(26-9-21-16-15(26)18(28)25(4)19(29)24(16)3)17(27)23-14-6-5-12(7-20-14)13-8-30-11(2)22-13/h5-10,19,29H,1-4H3,(H,20,23,27)/t10-,19?/m1/s1. The molecule has 30 heavy (non-hydrogen) atoms. The van der Waals surface area contributed by atoms with Crippen LogP contribution in [-0.2, 0) is 4.79 Å². The number of pyridine rings is 1. The van der Waals surface area contributed by atoms with Gasteiger partial charge in [0.1, 0.15) is 11.9 Å². The van der Waals surface area contributed by atoms with Gasteiger partial charge in [-0.3, -0.25) is 14.5 Å². The number of nitrogens with zero attached hydrogens (tertiary/aromatic N) is 6. The highest BCUT2D eigenvalue weighted by molar-refractivity contribution is 7.09. The molecule has 4 rings (SSSR count). The van der Waals surface area contributed by atoms with Crippen LogP contribution in [0.3, 0.4) is 0 Å². The number of imidazole rings is 1. The van der Waals surface area contributed by atoms with E-state index in [4.69, 9.17) is 0 Å². The predicted octanol–water partition coefficient (Wildman–Crippen LogP) is 1.71. The summed E-state index contributed by atoms with van der Waals surface area (Å²) < 4.78 is 1.50. The van der Waals surface area contributed by atoms with Gasteiger partial charge in [-0.05, 0) is 26.0 Å². The third-order valence-electron chi connectivity index (χ3n) is 5.05. The normalized spacial score (nSPS) is 17.1. The van der Waals surface area contributed by atoms with Crippen molar-refractivity contribution in [1.29, 1.82) is 0 Å². The van der Waals surface area contributed by atoms with Gasteiger partial charge in [-0.15, -0.1) is 11.3 Å². The quantitative estimate of drug-likeness (QED) is 0.651. The van der Waals surface area contributed by atoms with Gasteiger partial charge in [0.05, 0.1) is 17.0 Å². The molecule has 11 heteroatoms. The van der Waals surface area contributed by atoms with Crippen molar-refractivity contribution < 1.29 is 14.7 Å². The number of aromatic nitrogens is 4. The van der Waals surface area contributed by atoms with E-state index >= 15 is 0 Å². The summed E-state index contributed by atoms with van der Waals surface area (Å²) in [6.45, 7) is 3.61. The van der Waals surface area contributed by atoms with E-state index in [1.165, 1.54) is 27.7 Å². The van der Waals surface area contributed by atoms with Gasteiger partial charge in [0, 0.05) is 31.2 Å². The van der Waals surface area contributed by atoms with Crippen LogP contribution in [0.15, 0.2) is 30.0 Å². The molecule has 4 heterocycles. The molecule has 10 nitrogen and oxygen atoms in total. The van der Waals surface area contributed by atoms with E-state index < -0.39 is 18.3 Å². The number of fused-ring (bicyclic) bond motifs is 1. The van der Waals surface area contributed by atoms with Crippen LogP contribution in [0.1, 0.15) is 28.5 Å². The molecule has 1 unspecified atom stereocenters. The average molecular weight is 427 g/mol. The largest absolute Gasteiger partial charge is 0.356 e. The number of thiazole rings is 1. The topological polar surface area (TPSA) is 116 Å². The Morgan fingerprint density at radius 2 is 2.03 bits per heavy atom. The molecule has 1 aliphatic rings. The Hall–Kier alpha value is -3.31. The first kappa shape index (κ1) is 20.0. The maximum absolute atomic E-state index is 12.8.